The predicted molar refractivity (Wildman–Crippen MR) is 82.5 cm³/mol. The van der Waals surface area contributed by atoms with Gasteiger partial charge < -0.3 is 5.32 Å². The maximum absolute atomic E-state index is 12.5. The van der Waals surface area contributed by atoms with Crippen LogP contribution in [0.2, 0.25) is 0 Å². The number of hydrogen-bond donors (Lipinski definition) is 1. The van der Waals surface area contributed by atoms with Gasteiger partial charge in [-0.3, -0.25) is 4.68 Å². The molecule has 0 amide bonds. The van der Waals surface area contributed by atoms with E-state index in [2.05, 4.69) is 17.0 Å². The fourth-order valence-corrected chi connectivity index (χ4v) is 3.58. The third-order valence-electron chi connectivity index (χ3n) is 3.40. The predicted octanol–water partition coefficient (Wildman–Crippen LogP) is 1.22. The Morgan fingerprint density at radius 1 is 1.57 bits per heavy atom. The second-order valence-electron chi connectivity index (χ2n) is 5.32. The molecule has 1 aliphatic rings. The lowest BCUT2D eigenvalue weighted by molar-refractivity contribution is 0.441. The van der Waals surface area contributed by atoms with Crippen LogP contribution in [0.25, 0.3) is 0 Å². The zero-order valence-electron chi connectivity index (χ0n) is 12.5. The molecule has 0 bridgehead atoms. The summed E-state index contributed by atoms with van der Waals surface area (Å²) in [6.45, 7) is 7.89. The van der Waals surface area contributed by atoms with Crippen LogP contribution in [0.1, 0.15) is 26.2 Å². The molecule has 21 heavy (non-hydrogen) atoms. The zero-order chi connectivity index (χ0) is 15.3. The van der Waals surface area contributed by atoms with Crippen molar-refractivity contribution < 1.29 is 8.42 Å². The van der Waals surface area contributed by atoms with Crippen molar-refractivity contribution in [1.29, 1.82) is 0 Å². The molecule has 0 radical (unpaired) electrons. The minimum atomic E-state index is -3.48. The van der Waals surface area contributed by atoms with Gasteiger partial charge >= 0.3 is 0 Å². The van der Waals surface area contributed by atoms with Gasteiger partial charge in [0.15, 0.2) is 0 Å². The van der Waals surface area contributed by atoms with Crippen LogP contribution in [-0.4, -0.2) is 48.2 Å². The molecule has 1 fully saturated rings. The van der Waals surface area contributed by atoms with Gasteiger partial charge in [0.25, 0.3) is 0 Å². The largest absolute Gasteiger partial charge is 0.312 e. The molecule has 1 aliphatic carbocycles. The van der Waals surface area contributed by atoms with Gasteiger partial charge in [0, 0.05) is 31.9 Å². The fourth-order valence-electron chi connectivity index (χ4n) is 2.12. The van der Waals surface area contributed by atoms with Crippen molar-refractivity contribution in [3.8, 4) is 0 Å². The van der Waals surface area contributed by atoms with E-state index >= 15 is 0 Å². The minimum absolute atomic E-state index is 0.254. The van der Waals surface area contributed by atoms with E-state index in [1.807, 2.05) is 6.92 Å². The summed E-state index contributed by atoms with van der Waals surface area (Å²) >= 11 is 0. The molecule has 1 aromatic heterocycles. The summed E-state index contributed by atoms with van der Waals surface area (Å²) in [4.78, 5) is 0.254. The van der Waals surface area contributed by atoms with Gasteiger partial charge in [0.05, 0.1) is 12.7 Å². The standard InChI is InChI=1S/C14H24N4O2S/c1-3-8-18(9-4-2)21(19,20)14-11-16-17(12-14)10-7-15-13-5-6-13/h3,11-13,15H,1,4-10H2,2H3. The summed E-state index contributed by atoms with van der Waals surface area (Å²) < 4.78 is 28.2. The first-order valence-electron chi connectivity index (χ1n) is 7.44. The lowest BCUT2D eigenvalue weighted by Crippen LogP contribution is -2.31. The molecule has 2 rings (SSSR count). The van der Waals surface area contributed by atoms with Crippen LogP contribution in [0.3, 0.4) is 0 Å². The number of rotatable bonds is 10. The second kappa shape index (κ2) is 7.20. The smallest absolute Gasteiger partial charge is 0.246 e. The molecule has 0 spiro atoms. The average Bonchev–Trinajstić information content (AvgIpc) is 3.14. The normalized spacial score (nSPS) is 15.5. The van der Waals surface area contributed by atoms with E-state index in [4.69, 9.17) is 0 Å². The van der Waals surface area contributed by atoms with Gasteiger partial charge in [-0.1, -0.05) is 13.0 Å². The van der Waals surface area contributed by atoms with Crippen molar-refractivity contribution in [3.05, 3.63) is 25.0 Å². The molecular weight excluding hydrogens is 288 g/mol. The maximum atomic E-state index is 12.5. The van der Waals surface area contributed by atoms with Gasteiger partial charge in [-0.15, -0.1) is 6.58 Å². The molecular formula is C14H24N4O2S. The highest BCUT2D eigenvalue weighted by molar-refractivity contribution is 7.89. The molecule has 0 aliphatic heterocycles. The van der Waals surface area contributed by atoms with Crippen LogP contribution < -0.4 is 5.32 Å². The SMILES string of the molecule is C=CCN(CCC)S(=O)(=O)c1cnn(CCNC2CC2)c1. The number of nitrogens with one attached hydrogen (secondary N) is 1. The highest BCUT2D eigenvalue weighted by atomic mass is 32.2. The van der Waals surface area contributed by atoms with Gasteiger partial charge in [0.2, 0.25) is 10.0 Å². The molecule has 1 saturated carbocycles. The van der Waals surface area contributed by atoms with Crippen molar-refractivity contribution in [1.82, 2.24) is 19.4 Å². The first-order chi connectivity index (χ1) is 10.1. The van der Waals surface area contributed by atoms with Gasteiger partial charge in [-0.05, 0) is 19.3 Å². The van der Waals surface area contributed by atoms with Crippen LogP contribution in [0.4, 0.5) is 0 Å². The lowest BCUT2D eigenvalue weighted by atomic mass is 10.5. The van der Waals surface area contributed by atoms with E-state index in [0.717, 1.165) is 13.0 Å². The minimum Gasteiger partial charge on any atom is -0.312 e. The molecule has 6 nitrogen and oxygen atoms in total. The van der Waals surface area contributed by atoms with Crippen LogP contribution in [0.15, 0.2) is 29.9 Å². The van der Waals surface area contributed by atoms with Crippen molar-refractivity contribution in [2.75, 3.05) is 19.6 Å². The number of nitrogens with zero attached hydrogens (tertiary/aromatic N) is 3. The molecule has 118 valence electrons. The maximum Gasteiger partial charge on any atom is 0.246 e. The van der Waals surface area contributed by atoms with Gasteiger partial charge in [-0.2, -0.15) is 9.40 Å². The average molecular weight is 312 g/mol. The van der Waals surface area contributed by atoms with Crippen molar-refractivity contribution >= 4 is 10.0 Å². The Hall–Kier alpha value is -1.18. The Bertz CT molecular complexity index is 563. The van der Waals surface area contributed by atoms with Crippen molar-refractivity contribution in [2.45, 2.75) is 43.7 Å². The van der Waals surface area contributed by atoms with E-state index in [9.17, 15) is 8.42 Å². The molecule has 0 saturated heterocycles. The summed E-state index contributed by atoms with van der Waals surface area (Å²) in [6, 6.07) is 0.649. The van der Waals surface area contributed by atoms with E-state index in [1.54, 1.807) is 17.0 Å². The Kier molecular flexibility index (Phi) is 5.55. The third kappa shape index (κ3) is 4.39. The van der Waals surface area contributed by atoms with Crippen LogP contribution in [0.5, 0.6) is 0 Å². The third-order valence-corrected chi connectivity index (χ3v) is 5.22. The number of sulfonamides is 1. The molecule has 0 unspecified atom stereocenters. The summed E-state index contributed by atoms with van der Waals surface area (Å²) in [5, 5.41) is 7.53. The summed E-state index contributed by atoms with van der Waals surface area (Å²) in [7, 11) is -3.48. The lowest BCUT2D eigenvalue weighted by Gasteiger charge is -2.18. The molecule has 7 heteroatoms. The highest BCUT2D eigenvalue weighted by Crippen LogP contribution is 2.18. The van der Waals surface area contributed by atoms with Crippen LogP contribution >= 0.6 is 0 Å². The monoisotopic (exact) mass is 312 g/mol. The summed E-state index contributed by atoms with van der Waals surface area (Å²) in [5.41, 5.74) is 0. The first-order valence-corrected chi connectivity index (χ1v) is 8.88. The Labute approximate surface area is 126 Å². The molecule has 1 aromatic rings. The number of aromatic nitrogens is 2. The number of hydrogen-bond acceptors (Lipinski definition) is 4. The fraction of sp³-hybridized carbons (Fsp3) is 0.643. The quantitative estimate of drug-likeness (QED) is 0.660. The second-order valence-corrected chi connectivity index (χ2v) is 7.26. The van der Waals surface area contributed by atoms with Crippen LogP contribution in [-0.2, 0) is 16.6 Å². The van der Waals surface area contributed by atoms with Crippen molar-refractivity contribution in [2.24, 2.45) is 0 Å². The Balaban J connectivity index is 2.00. The van der Waals surface area contributed by atoms with E-state index in [1.165, 1.54) is 23.3 Å². The van der Waals surface area contributed by atoms with Gasteiger partial charge in [0.1, 0.15) is 4.90 Å². The van der Waals surface area contributed by atoms with Gasteiger partial charge in [-0.25, -0.2) is 8.42 Å². The van der Waals surface area contributed by atoms with Crippen molar-refractivity contribution in [3.63, 3.8) is 0 Å². The Morgan fingerprint density at radius 2 is 2.33 bits per heavy atom. The molecule has 0 atom stereocenters. The molecule has 0 aromatic carbocycles. The zero-order valence-corrected chi connectivity index (χ0v) is 13.3. The Morgan fingerprint density at radius 3 is 2.95 bits per heavy atom. The van der Waals surface area contributed by atoms with Crippen LogP contribution in [0, 0.1) is 0 Å². The topological polar surface area (TPSA) is 67.2 Å². The van der Waals surface area contributed by atoms with E-state index < -0.39 is 10.0 Å². The highest BCUT2D eigenvalue weighted by Gasteiger charge is 2.24. The van der Waals surface area contributed by atoms with E-state index in [0.29, 0.717) is 25.7 Å². The van der Waals surface area contributed by atoms with E-state index in [-0.39, 0.29) is 4.90 Å². The molecule has 1 N–H and O–H groups in total. The first kappa shape index (κ1) is 16.2. The molecule has 1 heterocycles. The summed E-state index contributed by atoms with van der Waals surface area (Å²) in [6.07, 6.45) is 7.90. The summed E-state index contributed by atoms with van der Waals surface area (Å²) in [5.74, 6) is 0.